The van der Waals surface area contributed by atoms with Crippen molar-refractivity contribution in [2.75, 3.05) is 0 Å². The number of hydrogen-bond acceptors (Lipinski definition) is 2. The lowest BCUT2D eigenvalue weighted by molar-refractivity contribution is -0.143. The lowest BCUT2D eigenvalue weighted by Gasteiger charge is -2.60. The van der Waals surface area contributed by atoms with Gasteiger partial charge in [0.15, 0.2) is 0 Å². The van der Waals surface area contributed by atoms with Crippen molar-refractivity contribution in [2.24, 2.45) is 40.4 Å². The van der Waals surface area contributed by atoms with Crippen LogP contribution in [0.25, 0.3) is 0 Å². The van der Waals surface area contributed by atoms with Crippen molar-refractivity contribution in [3.05, 3.63) is 0 Å². The van der Waals surface area contributed by atoms with Gasteiger partial charge in [-0.15, -0.1) is 0 Å². The zero-order valence-corrected chi connectivity index (χ0v) is 15.1. The second-order valence-corrected chi connectivity index (χ2v) is 9.66. The Labute approximate surface area is 140 Å². The van der Waals surface area contributed by atoms with Gasteiger partial charge in [0.25, 0.3) is 0 Å². The highest BCUT2D eigenvalue weighted by Gasteiger charge is 2.60. The fourth-order valence-electron chi connectivity index (χ4n) is 7.40. The number of hydrogen-bond donors (Lipinski definition) is 0. The van der Waals surface area contributed by atoms with Crippen LogP contribution in [0.15, 0.2) is 0 Å². The first-order valence-corrected chi connectivity index (χ1v) is 9.90. The van der Waals surface area contributed by atoms with Gasteiger partial charge in [0, 0.05) is 17.8 Å². The molecule has 2 nitrogen and oxygen atoms in total. The molecule has 4 aliphatic rings. The Morgan fingerprint density at radius 1 is 1.00 bits per heavy atom. The van der Waals surface area contributed by atoms with Crippen LogP contribution in [-0.2, 0) is 9.59 Å². The Morgan fingerprint density at radius 2 is 1.78 bits per heavy atom. The van der Waals surface area contributed by atoms with E-state index in [9.17, 15) is 9.59 Å². The van der Waals surface area contributed by atoms with Crippen LogP contribution < -0.4 is 0 Å². The smallest absolute Gasteiger partial charge is 0.139 e. The molecule has 4 aliphatic carbocycles. The van der Waals surface area contributed by atoms with E-state index in [1.54, 1.807) is 6.92 Å². The second kappa shape index (κ2) is 5.17. The standard InChI is InChI=1S/C21H32O2/c1-13(22)14-8-10-20(2)15(12-14)4-5-16-17-6-7-19(23)21(17,3)11-9-18(16)20/h14-18H,4-12H2,1-3H3/t14-,15+,16-,17+,18-,20+,21+/m0/s1. The number of rotatable bonds is 1. The highest BCUT2D eigenvalue weighted by Crippen LogP contribution is 2.65. The van der Waals surface area contributed by atoms with Crippen LogP contribution in [0.5, 0.6) is 0 Å². The van der Waals surface area contributed by atoms with Gasteiger partial charge in [0.1, 0.15) is 11.6 Å². The summed E-state index contributed by atoms with van der Waals surface area (Å²) >= 11 is 0. The van der Waals surface area contributed by atoms with E-state index in [-0.39, 0.29) is 5.41 Å². The fraction of sp³-hybridized carbons (Fsp3) is 0.905. The minimum absolute atomic E-state index is 0.000942. The molecule has 0 heterocycles. The third kappa shape index (κ3) is 2.12. The van der Waals surface area contributed by atoms with E-state index in [2.05, 4.69) is 13.8 Å². The third-order valence-corrected chi connectivity index (χ3v) is 8.95. The second-order valence-electron chi connectivity index (χ2n) is 9.66. The molecule has 0 saturated heterocycles. The summed E-state index contributed by atoms with van der Waals surface area (Å²) in [5.74, 6) is 4.25. The van der Waals surface area contributed by atoms with Gasteiger partial charge in [-0.3, -0.25) is 9.59 Å². The maximum absolute atomic E-state index is 12.4. The summed E-state index contributed by atoms with van der Waals surface area (Å²) in [5.41, 5.74) is 0.433. The van der Waals surface area contributed by atoms with E-state index < -0.39 is 0 Å². The normalized spacial score (nSPS) is 52.5. The molecule has 0 aromatic rings. The molecular formula is C21H32O2. The zero-order valence-electron chi connectivity index (χ0n) is 15.1. The van der Waals surface area contributed by atoms with Crippen LogP contribution in [0.2, 0.25) is 0 Å². The highest BCUT2D eigenvalue weighted by atomic mass is 16.1. The molecule has 0 unspecified atom stereocenters. The molecule has 0 N–H and O–H groups in total. The molecule has 0 aromatic heterocycles. The first kappa shape index (κ1) is 15.8. The van der Waals surface area contributed by atoms with Crippen LogP contribution in [0.3, 0.4) is 0 Å². The number of Topliss-reactive ketones (excluding diaryl/α,β-unsaturated/α-hetero) is 2. The van der Waals surface area contributed by atoms with Crippen LogP contribution in [-0.4, -0.2) is 11.6 Å². The maximum atomic E-state index is 12.4. The summed E-state index contributed by atoms with van der Waals surface area (Å²) in [4.78, 5) is 24.3. The number of ketones is 2. The molecule has 0 amide bonds. The number of carbonyl (C=O) groups excluding carboxylic acids is 2. The fourth-order valence-corrected chi connectivity index (χ4v) is 7.40. The molecular weight excluding hydrogens is 284 g/mol. The molecule has 4 rings (SSSR count). The number of fused-ring (bicyclic) bond motifs is 5. The summed E-state index contributed by atoms with van der Waals surface area (Å²) in [7, 11) is 0. The summed E-state index contributed by atoms with van der Waals surface area (Å²) in [5, 5.41) is 0. The van der Waals surface area contributed by atoms with Gasteiger partial charge < -0.3 is 0 Å². The zero-order chi connectivity index (χ0) is 16.4. The first-order valence-electron chi connectivity index (χ1n) is 9.90. The third-order valence-electron chi connectivity index (χ3n) is 8.95. The highest BCUT2D eigenvalue weighted by molar-refractivity contribution is 5.87. The average Bonchev–Trinajstić information content (AvgIpc) is 2.82. The van der Waals surface area contributed by atoms with Gasteiger partial charge in [-0.05, 0) is 87.4 Å². The van der Waals surface area contributed by atoms with E-state index in [4.69, 9.17) is 0 Å². The summed E-state index contributed by atoms with van der Waals surface area (Å²) in [6.45, 7) is 6.59. The number of carbonyl (C=O) groups is 2. The van der Waals surface area contributed by atoms with Crippen molar-refractivity contribution in [1.82, 2.24) is 0 Å². The van der Waals surface area contributed by atoms with Gasteiger partial charge in [-0.1, -0.05) is 13.8 Å². The van der Waals surface area contributed by atoms with Crippen molar-refractivity contribution in [1.29, 1.82) is 0 Å². The summed E-state index contributed by atoms with van der Waals surface area (Å²) in [6, 6.07) is 0. The topological polar surface area (TPSA) is 34.1 Å². The molecule has 23 heavy (non-hydrogen) atoms. The Morgan fingerprint density at radius 3 is 2.52 bits per heavy atom. The van der Waals surface area contributed by atoms with Crippen molar-refractivity contribution in [3.63, 3.8) is 0 Å². The largest absolute Gasteiger partial charge is 0.300 e. The molecule has 0 radical (unpaired) electrons. The molecule has 2 heteroatoms. The van der Waals surface area contributed by atoms with E-state index in [1.165, 1.54) is 25.7 Å². The van der Waals surface area contributed by atoms with Crippen molar-refractivity contribution < 1.29 is 9.59 Å². The van der Waals surface area contributed by atoms with Crippen LogP contribution in [0.1, 0.15) is 78.6 Å². The molecule has 128 valence electrons. The molecule has 4 fully saturated rings. The van der Waals surface area contributed by atoms with Crippen LogP contribution in [0, 0.1) is 40.4 Å². The molecule has 0 aromatic carbocycles. The molecule has 0 aliphatic heterocycles. The minimum Gasteiger partial charge on any atom is -0.300 e. The monoisotopic (exact) mass is 316 g/mol. The Bertz CT molecular complexity index is 538. The SMILES string of the molecule is CC(=O)[C@H]1CC[C@]2(C)[C@H](CC[C@H]3[C@H]4CCC(=O)[C@]4(C)CC[C@@H]32)C1. The van der Waals surface area contributed by atoms with Gasteiger partial charge in [-0.25, -0.2) is 0 Å². The molecule has 0 bridgehead atoms. The predicted octanol–water partition coefficient (Wildman–Crippen LogP) is 4.80. The van der Waals surface area contributed by atoms with Crippen molar-refractivity contribution in [2.45, 2.75) is 78.6 Å². The van der Waals surface area contributed by atoms with E-state index in [1.807, 2.05) is 0 Å². The Kier molecular flexibility index (Phi) is 3.56. The van der Waals surface area contributed by atoms with Crippen molar-refractivity contribution >= 4 is 11.6 Å². The molecule has 7 atom stereocenters. The average molecular weight is 316 g/mol. The predicted molar refractivity (Wildman–Crippen MR) is 90.9 cm³/mol. The molecule has 0 spiro atoms. The summed E-state index contributed by atoms with van der Waals surface area (Å²) in [6.07, 6.45) is 10.4. The minimum atomic E-state index is 0.000942. The van der Waals surface area contributed by atoms with Crippen LogP contribution >= 0.6 is 0 Å². The van der Waals surface area contributed by atoms with Gasteiger partial charge in [0.05, 0.1) is 0 Å². The quantitative estimate of drug-likeness (QED) is 0.696. The van der Waals surface area contributed by atoms with E-state index in [0.717, 1.165) is 49.9 Å². The van der Waals surface area contributed by atoms with Gasteiger partial charge >= 0.3 is 0 Å². The van der Waals surface area contributed by atoms with E-state index in [0.29, 0.717) is 28.8 Å². The van der Waals surface area contributed by atoms with Gasteiger partial charge in [-0.2, -0.15) is 0 Å². The summed E-state index contributed by atoms with van der Waals surface area (Å²) < 4.78 is 0. The Balaban J connectivity index is 1.59. The Hall–Kier alpha value is -0.660. The van der Waals surface area contributed by atoms with Gasteiger partial charge in [0.2, 0.25) is 0 Å². The lowest BCUT2D eigenvalue weighted by atomic mass is 9.44. The lowest BCUT2D eigenvalue weighted by Crippen LogP contribution is -2.53. The van der Waals surface area contributed by atoms with Crippen molar-refractivity contribution in [3.8, 4) is 0 Å². The maximum Gasteiger partial charge on any atom is 0.139 e. The molecule has 4 saturated carbocycles. The van der Waals surface area contributed by atoms with E-state index >= 15 is 0 Å². The first-order chi connectivity index (χ1) is 10.9. The van der Waals surface area contributed by atoms with Crippen LogP contribution in [0.4, 0.5) is 0 Å².